The molecule has 0 aliphatic rings. The first-order chi connectivity index (χ1) is 19.9. The second kappa shape index (κ2) is 10.6. The van der Waals surface area contributed by atoms with Gasteiger partial charge in [0.1, 0.15) is 5.75 Å². The number of benzene rings is 4. The van der Waals surface area contributed by atoms with E-state index in [0.717, 1.165) is 9.69 Å². The van der Waals surface area contributed by atoms with Crippen LogP contribution in [0.1, 0.15) is 20.7 Å². The number of hydrogen-bond acceptors (Lipinski definition) is 7. The summed E-state index contributed by atoms with van der Waals surface area (Å²) in [5, 5.41) is 2.44. The van der Waals surface area contributed by atoms with E-state index in [1.54, 1.807) is 36.4 Å². The molecule has 1 amide bonds. The Balaban J connectivity index is 1.52. The van der Waals surface area contributed by atoms with Crippen molar-refractivity contribution in [1.82, 2.24) is 9.97 Å². The normalized spacial score (nSPS) is 11.3. The van der Waals surface area contributed by atoms with Gasteiger partial charge in [0.2, 0.25) is 0 Å². The number of hydrogen-bond donors (Lipinski definition) is 0. The summed E-state index contributed by atoms with van der Waals surface area (Å²) in [7, 11) is -4.41. The lowest BCUT2D eigenvalue weighted by atomic mass is 10.1. The molecule has 4 aromatic carbocycles. The summed E-state index contributed by atoms with van der Waals surface area (Å²) in [4.78, 5) is 34.6. The van der Waals surface area contributed by atoms with E-state index in [-0.39, 0.29) is 21.9 Å². The molecule has 0 aliphatic carbocycles. The summed E-state index contributed by atoms with van der Waals surface area (Å²) in [6.45, 7) is 0. The molecule has 0 atom stereocenters. The Hall–Kier alpha value is -5.41. The summed E-state index contributed by atoms with van der Waals surface area (Å²) in [6, 6.07) is 27.9. The van der Waals surface area contributed by atoms with E-state index in [1.165, 1.54) is 67.3 Å². The first-order valence-electron chi connectivity index (χ1n) is 12.6. The number of pyridine rings is 2. The van der Waals surface area contributed by atoms with Gasteiger partial charge in [0.25, 0.3) is 15.9 Å². The molecule has 2 aromatic heterocycles. The number of sulfonamides is 1. The quantitative estimate of drug-likeness (QED) is 0.181. The monoisotopic (exact) mass is 559 g/mol. The summed E-state index contributed by atoms with van der Waals surface area (Å²) >= 11 is 0. The van der Waals surface area contributed by atoms with Crippen LogP contribution in [0, 0.1) is 0 Å². The van der Waals surface area contributed by atoms with Crippen molar-refractivity contribution in [2.45, 2.75) is 4.90 Å². The van der Waals surface area contributed by atoms with E-state index in [9.17, 15) is 18.0 Å². The number of ether oxygens (including phenoxy) is 1. The van der Waals surface area contributed by atoms with Gasteiger partial charge in [0, 0.05) is 41.1 Å². The average Bonchev–Trinajstić information content (AvgIpc) is 3.02. The molecule has 0 saturated heterocycles. The highest BCUT2D eigenvalue weighted by Crippen LogP contribution is 2.37. The first-order valence-corrected chi connectivity index (χ1v) is 14.0. The molecule has 0 unspecified atom stereocenters. The predicted molar refractivity (Wildman–Crippen MR) is 155 cm³/mol. The van der Waals surface area contributed by atoms with Crippen molar-refractivity contribution in [2.24, 2.45) is 0 Å². The van der Waals surface area contributed by atoms with Gasteiger partial charge >= 0.3 is 5.97 Å². The molecule has 0 bridgehead atoms. The maximum Gasteiger partial charge on any atom is 0.343 e. The zero-order valence-electron chi connectivity index (χ0n) is 21.4. The van der Waals surface area contributed by atoms with Gasteiger partial charge in [-0.3, -0.25) is 14.8 Å². The van der Waals surface area contributed by atoms with Crippen molar-refractivity contribution in [3.63, 3.8) is 0 Å². The van der Waals surface area contributed by atoms with Gasteiger partial charge in [-0.15, -0.1) is 0 Å². The predicted octanol–water partition coefficient (Wildman–Crippen LogP) is 6.04. The number of nitrogens with zero attached hydrogens (tertiary/aromatic N) is 3. The van der Waals surface area contributed by atoms with Crippen LogP contribution in [-0.4, -0.2) is 30.3 Å². The molecule has 0 spiro atoms. The van der Waals surface area contributed by atoms with Crippen LogP contribution in [-0.2, 0) is 10.0 Å². The van der Waals surface area contributed by atoms with Crippen LogP contribution in [0.25, 0.3) is 21.5 Å². The van der Waals surface area contributed by atoms with Gasteiger partial charge in [-0.1, -0.05) is 54.6 Å². The number of amides is 1. The van der Waals surface area contributed by atoms with E-state index in [4.69, 9.17) is 4.74 Å². The second-order valence-electron chi connectivity index (χ2n) is 9.07. The minimum Gasteiger partial charge on any atom is -0.422 e. The number of rotatable bonds is 6. The number of carbonyl (C=O) groups excluding carboxylic acids is 2. The van der Waals surface area contributed by atoms with Crippen molar-refractivity contribution in [1.29, 1.82) is 0 Å². The highest BCUT2D eigenvalue weighted by atomic mass is 32.2. The molecule has 6 rings (SSSR count). The SMILES string of the molecule is O=C(Oc1ccc(N(C(=O)c2ccncc2)S(=O)(=O)c2ccc3ccccc3c2)c2ccccc12)c1ccncc1. The number of fused-ring (bicyclic) bond motifs is 2. The minimum absolute atomic E-state index is 0.0455. The molecule has 8 nitrogen and oxygen atoms in total. The van der Waals surface area contributed by atoms with Crippen LogP contribution < -0.4 is 9.04 Å². The highest BCUT2D eigenvalue weighted by molar-refractivity contribution is 7.93. The molecule has 0 saturated carbocycles. The number of esters is 1. The van der Waals surface area contributed by atoms with Crippen LogP contribution in [0.5, 0.6) is 5.75 Å². The molecule has 0 N–H and O–H groups in total. The summed E-state index contributed by atoms with van der Waals surface area (Å²) < 4.78 is 35.0. The van der Waals surface area contributed by atoms with Crippen molar-refractivity contribution >= 4 is 49.1 Å². The molecule has 6 aromatic rings. The van der Waals surface area contributed by atoms with Crippen molar-refractivity contribution in [3.8, 4) is 5.75 Å². The third-order valence-electron chi connectivity index (χ3n) is 6.57. The third-order valence-corrected chi connectivity index (χ3v) is 8.26. The number of anilines is 1. The summed E-state index contributed by atoms with van der Waals surface area (Å²) in [5.41, 5.74) is 0.558. The molecule has 0 aliphatic heterocycles. The molecule has 0 fully saturated rings. The van der Waals surface area contributed by atoms with Gasteiger partial charge in [0.05, 0.1) is 16.1 Å². The molecule has 200 valence electrons. The lowest BCUT2D eigenvalue weighted by Gasteiger charge is -2.25. The minimum atomic E-state index is -4.41. The highest BCUT2D eigenvalue weighted by Gasteiger charge is 2.33. The van der Waals surface area contributed by atoms with Gasteiger partial charge in [0.15, 0.2) is 0 Å². The van der Waals surface area contributed by atoms with Crippen LogP contribution in [0.3, 0.4) is 0 Å². The molecule has 0 radical (unpaired) electrons. The topological polar surface area (TPSA) is 107 Å². The fourth-order valence-corrected chi connectivity index (χ4v) is 6.03. The van der Waals surface area contributed by atoms with Crippen molar-refractivity contribution < 1.29 is 22.7 Å². The van der Waals surface area contributed by atoms with E-state index in [1.807, 2.05) is 24.3 Å². The summed E-state index contributed by atoms with van der Waals surface area (Å²) in [6.07, 6.45) is 5.82. The Morgan fingerprint density at radius 3 is 1.95 bits per heavy atom. The number of carbonyl (C=O) groups is 2. The van der Waals surface area contributed by atoms with E-state index in [0.29, 0.717) is 21.7 Å². The van der Waals surface area contributed by atoms with Gasteiger partial charge in [-0.2, -0.15) is 4.31 Å². The van der Waals surface area contributed by atoms with Gasteiger partial charge < -0.3 is 4.74 Å². The zero-order chi connectivity index (χ0) is 28.4. The maximum absolute atomic E-state index is 14.3. The third kappa shape index (κ3) is 4.90. The lowest BCUT2D eigenvalue weighted by molar-refractivity contribution is 0.0736. The van der Waals surface area contributed by atoms with Crippen LogP contribution in [0.2, 0.25) is 0 Å². The fraction of sp³-hybridized carbons (Fsp3) is 0. The fourth-order valence-electron chi connectivity index (χ4n) is 4.56. The maximum atomic E-state index is 14.3. The van der Waals surface area contributed by atoms with Gasteiger partial charge in [-0.25, -0.2) is 13.2 Å². The Kier molecular flexibility index (Phi) is 6.70. The van der Waals surface area contributed by atoms with Crippen LogP contribution in [0.4, 0.5) is 5.69 Å². The Labute approximate surface area is 235 Å². The van der Waals surface area contributed by atoms with E-state index < -0.39 is 21.9 Å². The lowest BCUT2D eigenvalue weighted by Crippen LogP contribution is -2.37. The average molecular weight is 560 g/mol. The Bertz CT molecular complexity index is 2030. The van der Waals surface area contributed by atoms with E-state index in [2.05, 4.69) is 9.97 Å². The smallest absolute Gasteiger partial charge is 0.343 e. The van der Waals surface area contributed by atoms with Crippen LogP contribution in [0.15, 0.2) is 133 Å². The van der Waals surface area contributed by atoms with Crippen molar-refractivity contribution in [2.75, 3.05) is 4.31 Å². The molecule has 9 heteroatoms. The first kappa shape index (κ1) is 25.8. The second-order valence-corrected chi connectivity index (χ2v) is 10.9. The van der Waals surface area contributed by atoms with Crippen LogP contribution >= 0.6 is 0 Å². The Morgan fingerprint density at radius 1 is 0.634 bits per heavy atom. The van der Waals surface area contributed by atoms with E-state index >= 15 is 0 Å². The summed E-state index contributed by atoms with van der Waals surface area (Å²) in [5.74, 6) is -1.14. The molecule has 41 heavy (non-hydrogen) atoms. The molecular weight excluding hydrogens is 538 g/mol. The van der Waals surface area contributed by atoms with Gasteiger partial charge in [-0.05, 0) is 59.3 Å². The molecule has 2 heterocycles. The molecular formula is C32H21N3O5S. The number of aromatic nitrogens is 2. The Morgan fingerprint density at radius 2 is 1.24 bits per heavy atom. The largest absolute Gasteiger partial charge is 0.422 e. The zero-order valence-corrected chi connectivity index (χ0v) is 22.2. The standard InChI is InChI=1S/C32H21N3O5S/c36-31(23-13-17-33-18-14-23)35(41(38,39)26-10-9-22-5-1-2-6-25(22)21-26)29-11-12-30(28-8-4-3-7-27(28)29)40-32(37)24-15-19-34-20-16-24/h1-21H. The van der Waals surface area contributed by atoms with Crippen molar-refractivity contribution in [3.05, 3.63) is 139 Å².